The fourth-order valence-corrected chi connectivity index (χ4v) is 2.42. The van der Waals surface area contributed by atoms with Crippen molar-refractivity contribution in [1.29, 1.82) is 0 Å². The van der Waals surface area contributed by atoms with Gasteiger partial charge in [-0.25, -0.2) is 4.79 Å². The van der Waals surface area contributed by atoms with E-state index in [2.05, 4.69) is 5.32 Å². The van der Waals surface area contributed by atoms with Gasteiger partial charge in [-0.15, -0.1) is 0 Å². The Balaban J connectivity index is 1.44. The molecule has 0 radical (unpaired) electrons. The molecule has 2 aromatic carbocycles. The molecule has 0 aliphatic carbocycles. The number of methoxy groups -OCH3 is 1. The van der Waals surface area contributed by atoms with Crippen LogP contribution < -0.4 is 14.8 Å². The number of rotatable bonds is 7. The molecule has 1 aliphatic rings. The fourth-order valence-electron chi connectivity index (χ4n) is 2.42. The Morgan fingerprint density at radius 1 is 1.04 bits per heavy atom. The number of hydrogen-bond donors (Lipinski definition) is 1. The maximum Gasteiger partial charge on any atom is 0.338 e. The van der Waals surface area contributed by atoms with Gasteiger partial charge in [0.05, 0.1) is 12.2 Å². The number of benzene rings is 2. The molecule has 136 valence electrons. The van der Waals surface area contributed by atoms with Crippen LogP contribution in [-0.4, -0.2) is 32.4 Å². The van der Waals surface area contributed by atoms with Crippen molar-refractivity contribution in [2.75, 3.05) is 20.5 Å². The van der Waals surface area contributed by atoms with Crippen LogP contribution >= 0.6 is 0 Å². The van der Waals surface area contributed by atoms with E-state index in [0.29, 0.717) is 30.2 Å². The zero-order valence-electron chi connectivity index (χ0n) is 14.3. The van der Waals surface area contributed by atoms with Gasteiger partial charge in [0.1, 0.15) is 0 Å². The zero-order valence-corrected chi connectivity index (χ0v) is 14.3. The van der Waals surface area contributed by atoms with Crippen LogP contribution in [-0.2, 0) is 27.4 Å². The molecule has 0 aromatic heterocycles. The van der Waals surface area contributed by atoms with Crippen LogP contribution in [0, 0.1) is 0 Å². The van der Waals surface area contributed by atoms with Gasteiger partial charge in [-0.3, -0.25) is 4.79 Å². The first-order chi connectivity index (χ1) is 12.7. The SMILES string of the molecule is COCc1ccc(C(=O)OCC(=O)NCc2ccc3c(c2)OCO3)cc1. The number of amides is 1. The lowest BCUT2D eigenvalue weighted by atomic mass is 10.1. The van der Waals surface area contributed by atoms with Crippen LogP contribution in [0.15, 0.2) is 42.5 Å². The number of hydrogen-bond acceptors (Lipinski definition) is 6. The molecule has 1 heterocycles. The summed E-state index contributed by atoms with van der Waals surface area (Å²) < 4.78 is 20.6. The largest absolute Gasteiger partial charge is 0.454 e. The molecule has 0 saturated heterocycles. The summed E-state index contributed by atoms with van der Waals surface area (Å²) in [6, 6.07) is 12.3. The topological polar surface area (TPSA) is 83.1 Å². The summed E-state index contributed by atoms with van der Waals surface area (Å²) in [7, 11) is 1.60. The summed E-state index contributed by atoms with van der Waals surface area (Å²) in [6.07, 6.45) is 0. The average Bonchev–Trinajstić information content (AvgIpc) is 3.13. The highest BCUT2D eigenvalue weighted by Crippen LogP contribution is 2.32. The third kappa shape index (κ3) is 4.52. The molecule has 7 nitrogen and oxygen atoms in total. The molecule has 0 spiro atoms. The number of carbonyl (C=O) groups excluding carboxylic acids is 2. The number of fused-ring (bicyclic) bond motifs is 1. The molecule has 0 bridgehead atoms. The quantitative estimate of drug-likeness (QED) is 0.764. The Morgan fingerprint density at radius 2 is 1.77 bits per heavy atom. The standard InChI is InChI=1S/C19H19NO6/c1-23-10-13-2-5-15(6-3-13)19(22)24-11-18(21)20-9-14-4-7-16-17(8-14)26-12-25-16/h2-8H,9-12H2,1H3,(H,20,21). The molecule has 0 fully saturated rings. The smallest absolute Gasteiger partial charge is 0.338 e. The first-order valence-corrected chi connectivity index (χ1v) is 8.06. The van der Waals surface area contributed by atoms with E-state index >= 15 is 0 Å². The van der Waals surface area contributed by atoms with Gasteiger partial charge in [-0.1, -0.05) is 18.2 Å². The van der Waals surface area contributed by atoms with Crippen molar-refractivity contribution in [3.05, 3.63) is 59.2 Å². The molecule has 26 heavy (non-hydrogen) atoms. The van der Waals surface area contributed by atoms with Gasteiger partial charge in [-0.2, -0.15) is 0 Å². The van der Waals surface area contributed by atoms with E-state index in [4.69, 9.17) is 18.9 Å². The number of carbonyl (C=O) groups is 2. The highest BCUT2D eigenvalue weighted by molar-refractivity contribution is 5.91. The summed E-state index contributed by atoms with van der Waals surface area (Å²) in [5.41, 5.74) is 2.20. The van der Waals surface area contributed by atoms with Crippen LogP contribution in [0.25, 0.3) is 0 Å². The lowest BCUT2D eigenvalue weighted by molar-refractivity contribution is -0.124. The highest BCUT2D eigenvalue weighted by Gasteiger charge is 2.14. The molecule has 0 saturated carbocycles. The van der Waals surface area contributed by atoms with E-state index in [1.165, 1.54) is 0 Å². The van der Waals surface area contributed by atoms with Crippen LogP contribution in [0.4, 0.5) is 0 Å². The molecule has 3 rings (SSSR count). The third-order valence-corrected chi connectivity index (χ3v) is 3.76. The van der Waals surface area contributed by atoms with E-state index in [9.17, 15) is 9.59 Å². The van der Waals surface area contributed by atoms with Gasteiger partial charge >= 0.3 is 5.97 Å². The summed E-state index contributed by atoms with van der Waals surface area (Å²) in [6.45, 7) is 0.632. The van der Waals surface area contributed by atoms with E-state index in [1.54, 1.807) is 43.5 Å². The number of nitrogens with one attached hydrogen (secondary N) is 1. The van der Waals surface area contributed by atoms with Crippen molar-refractivity contribution in [2.24, 2.45) is 0 Å². The second-order valence-corrected chi connectivity index (χ2v) is 5.67. The van der Waals surface area contributed by atoms with Gasteiger partial charge in [0.25, 0.3) is 5.91 Å². The van der Waals surface area contributed by atoms with Gasteiger partial charge in [0.2, 0.25) is 6.79 Å². The second kappa shape index (κ2) is 8.35. The van der Waals surface area contributed by atoms with E-state index in [1.807, 2.05) is 6.07 Å². The van der Waals surface area contributed by atoms with Crippen LogP contribution in [0.2, 0.25) is 0 Å². The zero-order chi connectivity index (χ0) is 18.4. The third-order valence-electron chi connectivity index (χ3n) is 3.76. The molecule has 0 unspecified atom stereocenters. The Hall–Kier alpha value is -3.06. The molecular weight excluding hydrogens is 338 g/mol. The summed E-state index contributed by atoms with van der Waals surface area (Å²) in [5, 5.41) is 2.69. The highest BCUT2D eigenvalue weighted by atomic mass is 16.7. The minimum Gasteiger partial charge on any atom is -0.454 e. The minimum absolute atomic E-state index is 0.202. The Bertz CT molecular complexity index is 787. The van der Waals surface area contributed by atoms with Crippen molar-refractivity contribution < 1.29 is 28.5 Å². The summed E-state index contributed by atoms with van der Waals surface area (Å²) in [5.74, 6) is 0.407. The Labute approximate surface area is 150 Å². The molecule has 1 amide bonds. The van der Waals surface area contributed by atoms with Gasteiger partial charge in [0, 0.05) is 13.7 Å². The van der Waals surface area contributed by atoms with Gasteiger partial charge in [-0.05, 0) is 35.4 Å². The van der Waals surface area contributed by atoms with Crippen molar-refractivity contribution in [3.63, 3.8) is 0 Å². The monoisotopic (exact) mass is 357 g/mol. The fraction of sp³-hybridized carbons (Fsp3) is 0.263. The Morgan fingerprint density at radius 3 is 2.54 bits per heavy atom. The van der Waals surface area contributed by atoms with E-state index in [-0.39, 0.29) is 19.3 Å². The summed E-state index contributed by atoms with van der Waals surface area (Å²) in [4.78, 5) is 23.8. The lowest BCUT2D eigenvalue weighted by Crippen LogP contribution is -2.28. The van der Waals surface area contributed by atoms with E-state index < -0.39 is 5.97 Å². The number of ether oxygens (including phenoxy) is 4. The molecule has 1 N–H and O–H groups in total. The van der Waals surface area contributed by atoms with Crippen LogP contribution in [0.1, 0.15) is 21.5 Å². The normalized spacial score (nSPS) is 11.9. The molecule has 7 heteroatoms. The maximum atomic E-state index is 12.0. The summed E-state index contributed by atoms with van der Waals surface area (Å²) >= 11 is 0. The maximum absolute atomic E-state index is 12.0. The van der Waals surface area contributed by atoms with Crippen molar-refractivity contribution in [3.8, 4) is 11.5 Å². The van der Waals surface area contributed by atoms with Crippen LogP contribution in [0.5, 0.6) is 11.5 Å². The molecule has 1 aliphatic heterocycles. The van der Waals surface area contributed by atoms with E-state index in [0.717, 1.165) is 11.1 Å². The molecule has 0 atom stereocenters. The molecule has 2 aromatic rings. The lowest BCUT2D eigenvalue weighted by Gasteiger charge is -2.08. The van der Waals surface area contributed by atoms with Gasteiger partial charge < -0.3 is 24.3 Å². The second-order valence-electron chi connectivity index (χ2n) is 5.67. The number of esters is 1. The van der Waals surface area contributed by atoms with Gasteiger partial charge in [0.15, 0.2) is 18.1 Å². The van der Waals surface area contributed by atoms with Crippen molar-refractivity contribution >= 4 is 11.9 Å². The average molecular weight is 357 g/mol. The van der Waals surface area contributed by atoms with Crippen molar-refractivity contribution in [2.45, 2.75) is 13.2 Å². The minimum atomic E-state index is -0.549. The predicted octanol–water partition coefficient (Wildman–Crippen LogP) is 2.03. The predicted molar refractivity (Wildman–Crippen MR) is 91.8 cm³/mol. The first-order valence-electron chi connectivity index (χ1n) is 8.06. The first kappa shape index (κ1) is 17.8. The molecular formula is C19H19NO6. The van der Waals surface area contributed by atoms with Crippen molar-refractivity contribution in [1.82, 2.24) is 5.32 Å². The van der Waals surface area contributed by atoms with Crippen LogP contribution in [0.3, 0.4) is 0 Å². The Kier molecular flexibility index (Phi) is 5.70.